The number of morpholine rings is 1. The lowest BCUT2D eigenvalue weighted by atomic mass is 10.1. The summed E-state index contributed by atoms with van der Waals surface area (Å²) in [5.41, 5.74) is 7.21. The van der Waals surface area contributed by atoms with Crippen LogP contribution >= 0.6 is 0 Å². The van der Waals surface area contributed by atoms with Gasteiger partial charge in [-0.3, -0.25) is 0 Å². The number of nitrogens with two attached hydrogens (primary N) is 1. The van der Waals surface area contributed by atoms with Crippen molar-refractivity contribution in [3.05, 3.63) is 35.4 Å². The van der Waals surface area contributed by atoms with Gasteiger partial charge in [-0.1, -0.05) is 24.3 Å². The molecule has 0 bridgehead atoms. The van der Waals surface area contributed by atoms with Crippen LogP contribution in [0.5, 0.6) is 0 Å². The van der Waals surface area contributed by atoms with E-state index in [9.17, 15) is 8.42 Å². The molecule has 0 radical (unpaired) electrons. The van der Waals surface area contributed by atoms with Crippen LogP contribution in [0.4, 0.5) is 0 Å². The summed E-state index contributed by atoms with van der Waals surface area (Å²) in [7, 11) is -3.45. The van der Waals surface area contributed by atoms with E-state index in [1.165, 1.54) is 4.31 Å². The van der Waals surface area contributed by atoms with Gasteiger partial charge in [-0.2, -0.15) is 4.31 Å². The molecule has 2 unspecified atom stereocenters. The molecule has 21 heavy (non-hydrogen) atoms. The van der Waals surface area contributed by atoms with Crippen LogP contribution in [0.3, 0.4) is 0 Å². The van der Waals surface area contributed by atoms with Gasteiger partial charge in [0.05, 0.1) is 25.1 Å². The van der Waals surface area contributed by atoms with E-state index in [0.29, 0.717) is 13.2 Å². The Labute approximate surface area is 125 Å². The van der Waals surface area contributed by atoms with Crippen molar-refractivity contribution >= 4 is 10.0 Å². The van der Waals surface area contributed by atoms with Gasteiger partial charge in [0.15, 0.2) is 0 Å². The highest BCUT2D eigenvalue weighted by Gasteiger charge is 2.34. The fraction of sp³-hybridized carbons (Fsp3) is 0.571. The van der Waals surface area contributed by atoms with Crippen molar-refractivity contribution in [2.75, 3.05) is 19.8 Å². The molecule has 118 valence electrons. The zero-order valence-corrected chi connectivity index (χ0v) is 12.9. The Balaban J connectivity index is 2.16. The maximum absolute atomic E-state index is 12.6. The predicted octanol–water partition coefficient (Wildman–Crippen LogP) is 0.0567. The number of aliphatic hydroxyl groups excluding tert-OH is 1. The van der Waals surface area contributed by atoms with E-state index in [1.807, 2.05) is 18.2 Å². The topological polar surface area (TPSA) is 92.9 Å². The predicted molar refractivity (Wildman–Crippen MR) is 80.0 cm³/mol. The van der Waals surface area contributed by atoms with Crippen LogP contribution in [0.25, 0.3) is 0 Å². The van der Waals surface area contributed by atoms with Crippen LogP contribution in [-0.2, 0) is 27.1 Å². The second-order valence-electron chi connectivity index (χ2n) is 5.34. The molecule has 2 rings (SSSR count). The van der Waals surface area contributed by atoms with Crippen molar-refractivity contribution in [2.45, 2.75) is 31.4 Å². The summed E-state index contributed by atoms with van der Waals surface area (Å²) in [4.78, 5) is 0. The van der Waals surface area contributed by atoms with Gasteiger partial charge in [-0.15, -0.1) is 0 Å². The zero-order chi connectivity index (χ0) is 15.5. The molecule has 7 heteroatoms. The molecule has 6 nitrogen and oxygen atoms in total. The minimum atomic E-state index is -3.45. The van der Waals surface area contributed by atoms with Gasteiger partial charge in [0, 0.05) is 19.1 Å². The van der Waals surface area contributed by atoms with E-state index < -0.39 is 16.1 Å². The van der Waals surface area contributed by atoms with Crippen LogP contribution in [0.15, 0.2) is 24.3 Å². The van der Waals surface area contributed by atoms with Crippen molar-refractivity contribution < 1.29 is 18.3 Å². The first kappa shape index (κ1) is 16.4. The molecule has 0 aromatic heterocycles. The van der Waals surface area contributed by atoms with Gasteiger partial charge >= 0.3 is 0 Å². The maximum atomic E-state index is 12.6. The number of benzene rings is 1. The molecule has 0 saturated carbocycles. The van der Waals surface area contributed by atoms with Gasteiger partial charge in [0.1, 0.15) is 0 Å². The van der Waals surface area contributed by atoms with E-state index >= 15 is 0 Å². The van der Waals surface area contributed by atoms with E-state index in [1.54, 1.807) is 13.0 Å². The molecular weight excluding hydrogens is 292 g/mol. The van der Waals surface area contributed by atoms with Gasteiger partial charge in [0.2, 0.25) is 10.0 Å². The summed E-state index contributed by atoms with van der Waals surface area (Å²) >= 11 is 0. The monoisotopic (exact) mass is 314 g/mol. The number of ether oxygens (including phenoxy) is 1. The smallest absolute Gasteiger partial charge is 0.218 e. The molecule has 3 N–H and O–H groups in total. The van der Waals surface area contributed by atoms with Gasteiger partial charge in [0.25, 0.3) is 0 Å². The molecule has 1 fully saturated rings. The van der Waals surface area contributed by atoms with E-state index in [0.717, 1.165) is 11.1 Å². The fourth-order valence-corrected chi connectivity index (χ4v) is 4.20. The largest absolute Gasteiger partial charge is 0.394 e. The molecule has 1 aromatic carbocycles. The Morgan fingerprint density at radius 2 is 2.14 bits per heavy atom. The first-order valence-electron chi connectivity index (χ1n) is 6.96. The third-order valence-electron chi connectivity index (χ3n) is 3.59. The van der Waals surface area contributed by atoms with Gasteiger partial charge in [-0.25, -0.2) is 8.42 Å². The SMILES string of the molecule is CC1COC(CO)CN1S(=O)(=O)Cc1cccc(CN)c1. The van der Waals surface area contributed by atoms with Crippen molar-refractivity contribution in [1.29, 1.82) is 0 Å². The maximum Gasteiger partial charge on any atom is 0.218 e. The fourth-order valence-electron chi connectivity index (χ4n) is 2.43. The highest BCUT2D eigenvalue weighted by molar-refractivity contribution is 7.88. The number of sulfonamides is 1. The average Bonchev–Trinajstić information content (AvgIpc) is 2.47. The van der Waals surface area contributed by atoms with Crippen molar-refractivity contribution in [1.82, 2.24) is 4.31 Å². The quantitative estimate of drug-likeness (QED) is 0.801. The third-order valence-corrected chi connectivity index (χ3v) is 5.51. The Kier molecular flexibility index (Phi) is 5.34. The summed E-state index contributed by atoms with van der Waals surface area (Å²) in [6, 6.07) is 7.05. The highest BCUT2D eigenvalue weighted by atomic mass is 32.2. The molecule has 1 heterocycles. The minimum absolute atomic E-state index is 0.0661. The second kappa shape index (κ2) is 6.85. The first-order chi connectivity index (χ1) is 9.96. The van der Waals surface area contributed by atoms with Crippen LogP contribution in [0.2, 0.25) is 0 Å². The van der Waals surface area contributed by atoms with Crippen LogP contribution in [0.1, 0.15) is 18.1 Å². The Morgan fingerprint density at radius 3 is 2.81 bits per heavy atom. The molecule has 1 aliphatic heterocycles. The first-order valence-corrected chi connectivity index (χ1v) is 8.57. The van der Waals surface area contributed by atoms with Gasteiger partial charge in [-0.05, 0) is 18.1 Å². The zero-order valence-electron chi connectivity index (χ0n) is 12.1. The van der Waals surface area contributed by atoms with Crippen LogP contribution in [0, 0.1) is 0 Å². The lowest BCUT2D eigenvalue weighted by Crippen LogP contribution is -2.52. The molecule has 0 spiro atoms. The summed E-state index contributed by atoms with van der Waals surface area (Å²) in [6.45, 7) is 2.50. The Hall–Kier alpha value is -0.990. The summed E-state index contributed by atoms with van der Waals surface area (Å²) in [5, 5.41) is 9.16. The second-order valence-corrected chi connectivity index (χ2v) is 7.26. The molecule has 0 aliphatic carbocycles. The average molecular weight is 314 g/mol. The number of hydrogen-bond acceptors (Lipinski definition) is 5. The lowest BCUT2D eigenvalue weighted by molar-refractivity contribution is -0.0516. The minimum Gasteiger partial charge on any atom is -0.394 e. The van der Waals surface area contributed by atoms with Crippen molar-refractivity contribution in [2.24, 2.45) is 5.73 Å². The highest BCUT2D eigenvalue weighted by Crippen LogP contribution is 2.20. The number of hydrogen-bond donors (Lipinski definition) is 2. The van der Waals surface area contributed by atoms with Crippen LogP contribution < -0.4 is 5.73 Å². The number of aliphatic hydroxyl groups is 1. The molecule has 1 saturated heterocycles. The molecule has 0 amide bonds. The summed E-state index contributed by atoms with van der Waals surface area (Å²) in [5.74, 6) is -0.0661. The number of nitrogens with zero attached hydrogens (tertiary/aromatic N) is 1. The van der Waals surface area contributed by atoms with E-state index in [4.69, 9.17) is 15.6 Å². The standard InChI is InChI=1S/C14H22N2O4S/c1-11-9-20-14(8-17)7-16(11)21(18,19)10-13-4-2-3-12(5-13)6-15/h2-5,11,14,17H,6-10,15H2,1H3. The van der Waals surface area contributed by atoms with E-state index in [2.05, 4.69) is 0 Å². The summed E-state index contributed by atoms with van der Waals surface area (Å²) in [6.07, 6.45) is -0.452. The molecule has 2 atom stereocenters. The molecular formula is C14H22N2O4S. The summed E-state index contributed by atoms with van der Waals surface area (Å²) < 4.78 is 32.0. The number of rotatable bonds is 5. The normalized spacial score (nSPS) is 24.1. The van der Waals surface area contributed by atoms with Crippen molar-refractivity contribution in [3.63, 3.8) is 0 Å². The third kappa shape index (κ3) is 4.02. The Morgan fingerprint density at radius 1 is 1.43 bits per heavy atom. The van der Waals surface area contributed by atoms with Crippen LogP contribution in [-0.4, -0.2) is 49.7 Å². The molecule has 1 aliphatic rings. The Bertz CT molecular complexity index is 576. The lowest BCUT2D eigenvalue weighted by Gasteiger charge is -2.36. The van der Waals surface area contributed by atoms with E-state index in [-0.39, 0.29) is 24.9 Å². The molecule has 1 aromatic rings. The van der Waals surface area contributed by atoms with Gasteiger partial charge < -0.3 is 15.6 Å². The van der Waals surface area contributed by atoms with Crippen molar-refractivity contribution in [3.8, 4) is 0 Å².